The predicted molar refractivity (Wildman–Crippen MR) is 67.1 cm³/mol. The molecule has 1 fully saturated rings. The zero-order chi connectivity index (χ0) is 15.0. The number of hydrogen-bond donors (Lipinski definition) is 0. The number of hydrogen-bond acceptors (Lipinski definition) is 3. The van der Waals surface area contributed by atoms with Crippen LogP contribution in [0.15, 0.2) is 29.2 Å². The van der Waals surface area contributed by atoms with E-state index in [0.717, 1.165) is 12.1 Å². The molecule has 2 rings (SSSR count). The molecule has 0 radical (unpaired) electrons. The van der Waals surface area contributed by atoms with Gasteiger partial charge in [0.15, 0.2) is 9.84 Å². The van der Waals surface area contributed by atoms with Gasteiger partial charge in [-0.1, -0.05) is 12.1 Å². The van der Waals surface area contributed by atoms with Crippen molar-refractivity contribution in [2.24, 2.45) is 0 Å². The molecule has 1 aliphatic carbocycles. The molecule has 0 aromatic heterocycles. The van der Waals surface area contributed by atoms with Crippen LogP contribution in [0.5, 0.6) is 0 Å². The predicted octanol–water partition coefficient (Wildman–Crippen LogP) is 3.05. The first-order valence-corrected chi connectivity index (χ1v) is 7.74. The fraction of sp³-hybridized carbons (Fsp3) is 0.538. The Morgan fingerprint density at radius 1 is 1.20 bits per heavy atom. The first-order chi connectivity index (χ1) is 9.26. The van der Waals surface area contributed by atoms with Gasteiger partial charge in [-0.15, -0.1) is 0 Å². The van der Waals surface area contributed by atoms with Gasteiger partial charge in [0.1, 0.15) is 0 Å². The van der Waals surface area contributed by atoms with Crippen molar-refractivity contribution in [3.8, 4) is 0 Å². The van der Waals surface area contributed by atoms with E-state index in [0.29, 0.717) is 12.8 Å². The summed E-state index contributed by atoms with van der Waals surface area (Å²) in [6, 6.07) is 4.33. The SMILES string of the molecule is CO[C@H]1CC[C@H](S(=O)(=O)c2ccccc2C(F)(F)F)C1. The molecule has 1 saturated carbocycles. The van der Waals surface area contributed by atoms with Gasteiger partial charge in [0.05, 0.1) is 21.8 Å². The summed E-state index contributed by atoms with van der Waals surface area (Å²) in [7, 11) is -2.52. The van der Waals surface area contributed by atoms with Crippen LogP contribution in [-0.2, 0) is 20.8 Å². The van der Waals surface area contributed by atoms with E-state index in [1.807, 2.05) is 0 Å². The molecule has 0 aliphatic heterocycles. The lowest BCUT2D eigenvalue weighted by Crippen LogP contribution is -2.23. The van der Waals surface area contributed by atoms with Crippen LogP contribution in [0.4, 0.5) is 13.2 Å². The maximum Gasteiger partial charge on any atom is 0.417 e. The Morgan fingerprint density at radius 3 is 2.40 bits per heavy atom. The van der Waals surface area contributed by atoms with Gasteiger partial charge in [-0.25, -0.2) is 8.42 Å². The highest BCUT2D eigenvalue weighted by Gasteiger charge is 2.41. The van der Waals surface area contributed by atoms with E-state index >= 15 is 0 Å². The maximum absolute atomic E-state index is 12.9. The van der Waals surface area contributed by atoms with Crippen molar-refractivity contribution in [3.63, 3.8) is 0 Å². The van der Waals surface area contributed by atoms with Crippen molar-refractivity contribution in [1.82, 2.24) is 0 Å². The van der Waals surface area contributed by atoms with Crippen LogP contribution in [0.1, 0.15) is 24.8 Å². The van der Waals surface area contributed by atoms with Crippen LogP contribution in [0.2, 0.25) is 0 Å². The summed E-state index contributed by atoms with van der Waals surface area (Å²) in [6.07, 6.45) is -3.76. The highest BCUT2D eigenvalue weighted by atomic mass is 32.2. The average molecular weight is 308 g/mol. The lowest BCUT2D eigenvalue weighted by atomic mass is 10.2. The summed E-state index contributed by atoms with van der Waals surface area (Å²) in [4.78, 5) is -0.630. The number of alkyl halides is 3. The highest BCUT2D eigenvalue weighted by molar-refractivity contribution is 7.92. The molecule has 0 bridgehead atoms. The van der Waals surface area contributed by atoms with Gasteiger partial charge in [0.2, 0.25) is 0 Å². The molecule has 20 heavy (non-hydrogen) atoms. The second-order valence-electron chi connectivity index (χ2n) is 4.83. The van der Waals surface area contributed by atoms with E-state index in [1.54, 1.807) is 0 Å². The quantitative estimate of drug-likeness (QED) is 0.862. The Balaban J connectivity index is 2.41. The minimum absolute atomic E-state index is 0.201. The van der Waals surface area contributed by atoms with Gasteiger partial charge in [-0.2, -0.15) is 13.2 Å². The van der Waals surface area contributed by atoms with Gasteiger partial charge >= 0.3 is 6.18 Å². The van der Waals surface area contributed by atoms with Crippen LogP contribution >= 0.6 is 0 Å². The summed E-state index contributed by atoms with van der Waals surface area (Å²) in [5.74, 6) is 0. The first kappa shape index (κ1) is 15.3. The number of rotatable bonds is 3. The average Bonchev–Trinajstić information content (AvgIpc) is 2.87. The standard InChI is InChI=1S/C13H15F3O3S/c1-19-9-6-7-10(8-9)20(17,18)12-5-3-2-4-11(12)13(14,15)16/h2-5,9-10H,6-8H2,1H3/t9-,10-/m0/s1. The molecule has 1 aromatic rings. The largest absolute Gasteiger partial charge is 0.417 e. The molecule has 112 valence electrons. The number of methoxy groups -OCH3 is 1. The molecule has 3 nitrogen and oxygen atoms in total. The van der Waals surface area contributed by atoms with Crippen molar-refractivity contribution >= 4 is 9.84 Å². The lowest BCUT2D eigenvalue weighted by Gasteiger charge is -2.17. The molecule has 0 N–H and O–H groups in total. The smallest absolute Gasteiger partial charge is 0.381 e. The van der Waals surface area contributed by atoms with Gasteiger partial charge in [-0.3, -0.25) is 0 Å². The summed E-state index contributed by atoms with van der Waals surface area (Å²) >= 11 is 0. The molecular weight excluding hydrogens is 293 g/mol. The van der Waals surface area contributed by atoms with Gasteiger partial charge in [0.25, 0.3) is 0 Å². The highest BCUT2D eigenvalue weighted by Crippen LogP contribution is 2.38. The Morgan fingerprint density at radius 2 is 1.85 bits per heavy atom. The van der Waals surface area contributed by atoms with Crippen molar-refractivity contribution in [2.45, 2.75) is 41.7 Å². The van der Waals surface area contributed by atoms with Crippen molar-refractivity contribution in [3.05, 3.63) is 29.8 Å². The maximum atomic E-state index is 12.9. The third-order valence-electron chi connectivity index (χ3n) is 3.61. The number of halogens is 3. The zero-order valence-corrected chi connectivity index (χ0v) is 11.7. The third kappa shape index (κ3) is 2.83. The Kier molecular flexibility index (Phi) is 4.11. The number of ether oxygens (including phenoxy) is 1. The van der Waals surface area contributed by atoms with Crippen LogP contribution in [-0.4, -0.2) is 26.9 Å². The molecule has 1 aliphatic rings. The molecule has 0 heterocycles. The van der Waals surface area contributed by atoms with Gasteiger partial charge in [-0.05, 0) is 31.4 Å². The third-order valence-corrected chi connectivity index (χ3v) is 5.88. The molecule has 0 spiro atoms. The summed E-state index contributed by atoms with van der Waals surface area (Å²) < 4.78 is 68.7. The van der Waals surface area contributed by atoms with Crippen LogP contribution < -0.4 is 0 Å². The van der Waals surface area contributed by atoms with Crippen molar-refractivity contribution < 1.29 is 26.3 Å². The first-order valence-electron chi connectivity index (χ1n) is 6.19. The fourth-order valence-corrected chi connectivity index (χ4v) is 4.56. The molecule has 0 saturated heterocycles. The number of benzene rings is 1. The minimum atomic E-state index is -4.68. The van der Waals surface area contributed by atoms with Gasteiger partial charge < -0.3 is 4.74 Å². The Bertz CT molecular complexity index is 581. The Labute approximate surface area is 115 Å². The molecule has 0 amide bonds. The summed E-state index contributed by atoms with van der Waals surface area (Å²) in [6.45, 7) is 0. The van der Waals surface area contributed by atoms with E-state index < -0.39 is 31.7 Å². The molecule has 0 unspecified atom stereocenters. The topological polar surface area (TPSA) is 43.4 Å². The molecule has 2 atom stereocenters. The van der Waals surface area contributed by atoms with Gasteiger partial charge in [0, 0.05) is 7.11 Å². The fourth-order valence-electron chi connectivity index (χ4n) is 2.53. The molecular formula is C13H15F3O3S. The van der Waals surface area contributed by atoms with Crippen LogP contribution in [0, 0.1) is 0 Å². The van der Waals surface area contributed by atoms with Crippen LogP contribution in [0.25, 0.3) is 0 Å². The monoisotopic (exact) mass is 308 g/mol. The van der Waals surface area contributed by atoms with E-state index in [2.05, 4.69) is 0 Å². The normalized spacial score (nSPS) is 24.0. The zero-order valence-electron chi connectivity index (χ0n) is 10.9. The summed E-state index contributed by atoms with van der Waals surface area (Å²) in [5, 5.41) is -0.809. The summed E-state index contributed by atoms with van der Waals surface area (Å²) in [5.41, 5.74) is -1.10. The molecule has 7 heteroatoms. The lowest BCUT2D eigenvalue weighted by molar-refractivity contribution is -0.139. The molecule has 1 aromatic carbocycles. The Hall–Kier alpha value is -1.08. The minimum Gasteiger partial charge on any atom is -0.381 e. The number of sulfone groups is 1. The van der Waals surface area contributed by atoms with E-state index in [1.165, 1.54) is 19.2 Å². The van der Waals surface area contributed by atoms with E-state index in [4.69, 9.17) is 4.74 Å². The van der Waals surface area contributed by atoms with E-state index in [9.17, 15) is 21.6 Å². The van der Waals surface area contributed by atoms with Crippen LogP contribution in [0.3, 0.4) is 0 Å². The second-order valence-corrected chi connectivity index (χ2v) is 7.03. The van der Waals surface area contributed by atoms with Crippen molar-refractivity contribution in [1.29, 1.82) is 0 Å². The van der Waals surface area contributed by atoms with E-state index in [-0.39, 0.29) is 12.5 Å². The van der Waals surface area contributed by atoms with Crippen molar-refractivity contribution in [2.75, 3.05) is 7.11 Å². The second kappa shape index (κ2) is 5.37.